The molecule has 0 unspecified atom stereocenters. The summed E-state index contributed by atoms with van der Waals surface area (Å²) in [6.45, 7) is 7.77. The van der Waals surface area contributed by atoms with Gasteiger partial charge in [0, 0.05) is 11.8 Å². The van der Waals surface area contributed by atoms with E-state index in [0.29, 0.717) is 10.5 Å². The molecule has 2 aliphatic heterocycles. The fraction of sp³-hybridized carbons (Fsp3) is 0.295. The molecule has 2 fully saturated rings. The number of amides is 1. The molecule has 10 aromatic carbocycles. The first kappa shape index (κ1) is 75.9. The largest absolute Gasteiger partial charge is 0.457 e. The maximum Gasteiger partial charge on any atom is 0.368 e. The Morgan fingerprint density at radius 2 is 0.895 bits per heavy atom. The SMILES string of the molecule is CC(=O)N[C@H]1[C@H]([C@H](OCc2ccccc2)[C@@H](COCc2ccccc2)OCc2ccccc2)O[C@@](O[C@H]2[C@@H](O)[C@@H](COCc3ccccc3)O[C@@H](O[Si](c3ccccc3)(c3ccccc3)C(C)(C)C)[C@@H]2OCc2ccccc2)(C(=O)OCc2ccccc2)[C@@H](Sc2ccccc2)[C@@H]1OCc1ccccc1. The number of thioether (sulfide) groups is 1. The van der Waals surface area contributed by atoms with Gasteiger partial charge in [-0.1, -0.05) is 312 Å². The first-order chi connectivity index (χ1) is 51.3. The monoisotopic (exact) mass is 1450 g/mol. The second kappa shape index (κ2) is 37.5. The van der Waals surface area contributed by atoms with E-state index in [4.69, 9.17) is 51.8 Å². The summed E-state index contributed by atoms with van der Waals surface area (Å²) in [6.07, 6.45) is -12.5. The molecule has 17 heteroatoms. The molecule has 2 N–H and O–H groups in total. The minimum atomic E-state index is -3.69. The first-order valence-electron chi connectivity index (χ1n) is 35.9. The molecule has 0 radical (unpaired) electrons. The van der Waals surface area contributed by atoms with Crippen molar-refractivity contribution in [1.82, 2.24) is 5.32 Å². The zero-order valence-electron chi connectivity index (χ0n) is 59.7. The van der Waals surface area contributed by atoms with Gasteiger partial charge in [0.2, 0.25) is 5.91 Å². The van der Waals surface area contributed by atoms with Gasteiger partial charge in [-0.2, -0.15) is 0 Å². The van der Waals surface area contributed by atoms with Crippen molar-refractivity contribution in [3.63, 3.8) is 0 Å². The minimum Gasteiger partial charge on any atom is -0.457 e. The maximum atomic E-state index is 17.4. The Morgan fingerprint density at radius 1 is 0.495 bits per heavy atom. The number of nitrogens with one attached hydrogen (secondary N) is 1. The van der Waals surface area contributed by atoms with Gasteiger partial charge in [-0.25, -0.2) is 4.79 Å². The van der Waals surface area contributed by atoms with Crippen molar-refractivity contribution in [2.45, 2.75) is 156 Å². The Balaban J connectivity index is 1.11. The normalized spacial score (nSPS) is 21.7. The lowest BCUT2D eigenvalue weighted by molar-refractivity contribution is -0.371. The van der Waals surface area contributed by atoms with E-state index in [1.54, 1.807) is 0 Å². The highest BCUT2D eigenvalue weighted by atomic mass is 32.2. The molecule has 544 valence electrons. The number of rotatable bonds is 34. The van der Waals surface area contributed by atoms with E-state index in [0.717, 1.165) is 43.8 Å². The number of ether oxygens (including phenoxy) is 10. The Kier molecular flexibility index (Phi) is 27.1. The molecule has 0 aliphatic carbocycles. The third kappa shape index (κ3) is 19.9. The van der Waals surface area contributed by atoms with Crippen LogP contribution >= 0.6 is 11.8 Å². The number of esters is 1. The Morgan fingerprint density at radius 3 is 1.35 bits per heavy atom. The van der Waals surface area contributed by atoms with Crippen molar-refractivity contribution in [2.24, 2.45) is 0 Å². The molecule has 2 aliphatic rings. The Labute approximate surface area is 622 Å². The van der Waals surface area contributed by atoms with E-state index in [1.165, 1.54) is 18.7 Å². The van der Waals surface area contributed by atoms with Gasteiger partial charge in [0.15, 0.2) is 6.29 Å². The summed E-state index contributed by atoms with van der Waals surface area (Å²) < 4.78 is 81.5. The number of carbonyl (C=O) groups is 2. The average Bonchev–Trinajstić information content (AvgIpc) is 0.728. The van der Waals surface area contributed by atoms with Crippen LogP contribution < -0.4 is 15.7 Å². The molecule has 15 nitrogen and oxygen atoms in total. The molecule has 2 heterocycles. The maximum absolute atomic E-state index is 17.4. The van der Waals surface area contributed by atoms with Crippen molar-refractivity contribution < 1.29 is 66.5 Å². The Hall–Kier alpha value is -8.73. The van der Waals surface area contributed by atoms with Gasteiger partial charge in [-0.05, 0) is 66.5 Å². The van der Waals surface area contributed by atoms with Crippen molar-refractivity contribution in [2.75, 3.05) is 13.2 Å². The summed E-state index contributed by atoms with van der Waals surface area (Å²) in [6, 6.07) is 96.5. The van der Waals surface area contributed by atoms with Crippen LogP contribution in [0.4, 0.5) is 0 Å². The van der Waals surface area contributed by atoms with Gasteiger partial charge >= 0.3 is 5.97 Å². The van der Waals surface area contributed by atoms with E-state index >= 15 is 4.79 Å². The molecule has 0 spiro atoms. The zero-order chi connectivity index (χ0) is 72.7. The lowest BCUT2D eigenvalue weighted by atomic mass is 9.86. The molecular weight excluding hydrogens is 1360 g/mol. The molecule has 0 bridgehead atoms. The van der Waals surface area contributed by atoms with Crippen LogP contribution in [0.25, 0.3) is 0 Å². The number of carbonyl (C=O) groups excluding carboxylic acids is 2. The molecule has 0 saturated carbocycles. The number of benzene rings is 10. The van der Waals surface area contributed by atoms with Crippen LogP contribution in [0.5, 0.6) is 0 Å². The second-order valence-electron chi connectivity index (χ2n) is 27.4. The molecular formula is C88H93NO14SSi. The smallest absolute Gasteiger partial charge is 0.368 e. The van der Waals surface area contributed by atoms with Gasteiger partial charge in [-0.15, -0.1) is 11.8 Å². The third-order valence-corrected chi connectivity index (χ3v) is 25.2. The summed E-state index contributed by atoms with van der Waals surface area (Å²) >= 11 is 1.24. The van der Waals surface area contributed by atoms with E-state index in [9.17, 15) is 9.90 Å². The third-order valence-electron chi connectivity index (χ3n) is 18.8. The van der Waals surface area contributed by atoms with Crippen LogP contribution in [0.3, 0.4) is 0 Å². The molecule has 10 aromatic rings. The summed E-state index contributed by atoms with van der Waals surface area (Å²) in [5, 5.41) is 17.2. The van der Waals surface area contributed by atoms with E-state index < -0.39 is 97.4 Å². The van der Waals surface area contributed by atoms with Crippen molar-refractivity contribution in [3.8, 4) is 0 Å². The second-order valence-corrected chi connectivity index (χ2v) is 32.9. The molecule has 105 heavy (non-hydrogen) atoms. The van der Waals surface area contributed by atoms with E-state index in [2.05, 4.69) is 50.4 Å². The lowest BCUT2D eigenvalue weighted by Crippen LogP contribution is -2.76. The number of aliphatic hydroxyl groups is 1. The van der Waals surface area contributed by atoms with Crippen LogP contribution in [0.15, 0.2) is 308 Å². The van der Waals surface area contributed by atoms with E-state index in [1.807, 2.05) is 279 Å². The standard InChI is InChI=1S/C88H93NO14SSi/c1-64(90)89-77-80(79(96-58-68-41-21-8-22-42-68)76(95-57-67-39-19-7-20-40-67)63-94-56-66-37-17-6-18-38-66)101-88(86(92)99-61-71-47-27-11-28-48-71,84(104-72-49-29-12-30-50-72)81(77)97-59-69-43-23-9-24-44-69)102-82-78(91)75(62-93-55-65-35-15-5-16-36-65)100-85(83(82)98-60-70-45-25-10-26-46-70)103-105(87(2,3)4,73-51-31-13-32-52-73)74-53-33-14-34-54-74/h5-54,75-85,91H,55-63H2,1-4H3,(H,89,90)/t75-,76-,77+,78+,79-,80-,81-,82+,83-,84+,85+,88+/m1/s1. The van der Waals surface area contributed by atoms with Gasteiger partial charge in [0.25, 0.3) is 14.1 Å². The van der Waals surface area contributed by atoms with Crippen molar-refractivity contribution in [1.29, 1.82) is 0 Å². The number of hydrogen-bond donors (Lipinski definition) is 2. The summed E-state index contributed by atoms with van der Waals surface area (Å²) in [4.78, 5) is 32.6. The summed E-state index contributed by atoms with van der Waals surface area (Å²) in [5.74, 6) is -4.16. The lowest BCUT2D eigenvalue weighted by Gasteiger charge is -2.56. The molecule has 1 amide bonds. The molecule has 12 rings (SSSR count). The van der Waals surface area contributed by atoms with Crippen LogP contribution in [-0.4, -0.2) is 111 Å². The highest BCUT2D eigenvalue weighted by Crippen LogP contribution is 2.49. The van der Waals surface area contributed by atoms with Crippen LogP contribution in [0.2, 0.25) is 5.04 Å². The minimum absolute atomic E-state index is 0.00785. The predicted molar refractivity (Wildman–Crippen MR) is 408 cm³/mol. The van der Waals surface area contributed by atoms with Crippen LogP contribution in [0, 0.1) is 0 Å². The average molecular weight is 1450 g/mol. The fourth-order valence-electron chi connectivity index (χ4n) is 13.7. The highest BCUT2D eigenvalue weighted by molar-refractivity contribution is 8.00. The first-order valence-corrected chi connectivity index (χ1v) is 38.7. The van der Waals surface area contributed by atoms with Gasteiger partial charge in [-0.3, -0.25) is 4.79 Å². The zero-order valence-corrected chi connectivity index (χ0v) is 61.6. The molecule has 0 aromatic heterocycles. The van der Waals surface area contributed by atoms with Gasteiger partial charge in [0.1, 0.15) is 54.6 Å². The van der Waals surface area contributed by atoms with Crippen molar-refractivity contribution in [3.05, 3.63) is 342 Å². The van der Waals surface area contributed by atoms with Crippen LogP contribution in [0.1, 0.15) is 66.6 Å². The van der Waals surface area contributed by atoms with E-state index in [-0.39, 0.29) is 59.5 Å². The Bertz CT molecular complexity index is 4150. The quantitative estimate of drug-likeness (QED) is 0.0288. The molecule has 12 atom stereocenters. The van der Waals surface area contributed by atoms with Crippen molar-refractivity contribution >= 4 is 42.3 Å². The predicted octanol–water partition coefficient (Wildman–Crippen LogP) is 14.3. The van der Waals surface area contributed by atoms with Gasteiger partial charge in [0.05, 0.1) is 65.0 Å². The summed E-state index contributed by atoms with van der Waals surface area (Å²) in [5.41, 5.74) is 5.69. The highest BCUT2D eigenvalue weighted by Gasteiger charge is 2.67. The van der Waals surface area contributed by atoms with Crippen LogP contribution in [-0.2, 0) is 108 Å². The van der Waals surface area contributed by atoms with Gasteiger partial charge < -0.3 is 62.2 Å². The molecule has 2 saturated heterocycles. The topological polar surface area (TPSA) is 168 Å². The number of aliphatic hydroxyl groups excluding tert-OH is 1. The fourth-order valence-corrected chi connectivity index (χ4v) is 19.6. The number of hydrogen-bond acceptors (Lipinski definition) is 15. The summed E-state index contributed by atoms with van der Waals surface area (Å²) in [7, 11) is -3.69.